The zero-order chi connectivity index (χ0) is 8.43. The quantitative estimate of drug-likeness (QED) is 0.734. The van der Waals surface area contributed by atoms with Crippen LogP contribution in [0.15, 0.2) is 17.8 Å². The van der Waals surface area contributed by atoms with Crippen LogP contribution in [0.3, 0.4) is 0 Å². The summed E-state index contributed by atoms with van der Waals surface area (Å²) in [4.78, 5) is 0. The van der Waals surface area contributed by atoms with E-state index in [0.29, 0.717) is 17.3 Å². The highest BCUT2D eigenvalue weighted by atomic mass is 35.5. The molecule has 1 rings (SSSR count). The van der Waals surface area contributed by atoms with Crippen LogP contribution in [-0.4, -0.2) is 9.78 Å². The van der Waals surface area contributed by atoms with Crippen molar-refractivity contribution in [2.45, 2.75) is 13.5 Å². The van der Waals surface area contributed by atoms with Crippen LogP contribution < -0.4 is 5.73 Å². The monoisotopic (exact) mass is 171 g/mol. The minimum Gasteiger partial charge on any atom is -0.396 e. The number of anilines is 1. The van der Waals surface area contributed by atoms with E-state index in [1.807, 2.05) is 6.92 Å². The predicted octanol–water partition coefficient (Wildman–Crippen LogP) is 1.53. The largest absolute Gasteiger partial charge is 0.396 e. The smallest absolute Gasteiger partial charge is 0.0763 e. The van der Waals surface area contributed by atoms with Crippen molar-refractivity contribution in [2.24, 2.45) is 0 Å². The molecule has 0 aliphatic carbocycles. The summed E-state index contributed by atoms with van der Waals surface area (Å²) in [5, 5.41) is 4.55. The fourth-order valence-electron chi connectivity index (χ4n) is 0.783. The van der Waals surface area contributed by atoms with E-state index < -0.39 is 0 Å². The molecule has 0 radical (unpaired) electrons. The Kier molecular flexibility index (Phi) is 2.19. The molecule has 3 nitrogen and oxygen atoms in total. The molecule has 0 saturated heterocycles. The van der Waals surface area contributed by atoms with Gasteiger partial charge in [-0.05, 0) is 6.92 Å². The van der Waals surface area contributed by atoms with Crippen LogP contribution in [0, 0.1) is 6.92 Å². The average molecular weight is 172 g/mol. The third-order valence-corrected chi connectivity index (χ3v) is 1.58. The van der Waals surface area contributed by atoms with E-state index in [0.717, 1.165) is 5.69 Å². The lowest BCUT2D eigenvalue weighted by Gasteiger charge is -2.01. The van der Waals surface area contributed by atoms with E-state index in [9.17, 15) is 0 Å². The number of allylic oxidation sites excluding steroid dienone is 1. The zero-order valence-corrected chi connectivity index (χ0v) is 7.10. The molecule has 0 saturated carbocycles. The van der Waals surface area contributed by atoms with Gasteiger partial charge in [0.15, 0.2) is 0 Å². The predicted molar refractivity (Wildman–Crippen MR) is 46.4 cm³/mol. The Labute approximate surface area is 70.5 Å². The van der Waals surface area contributed by atoms with Crippen molar-refractivity contribution >= 4 is 17.3 Å². The third-order valence-electron chi connectivity index (χ3n) is 1.46. The summed E-state index contributed by atoms with van der Waals surface area (Å²) in [6.45, 7) is 5.97. The van der Waals surface area contributed by atoms with Gasteiger partial charge in [0, 0.05) is 5.03 Å². The van der Waals surface area contributed by atoms with Gasteiger partial charge in [-0.3, -0.25) is 4.68 Å². The number of aromatic nitrogens is 2. The highest BCUT2D eigenvalue weighted by Crippen LogP contribution is 2.10. The third kappa shape index (κ3) is 1.74. The first-order valence-electron chi connectivity index (χ1n) is 3.22. The van der Waals surface area contributed by atoms with Gasteiger partial charge < -0.3 is 5.73 Å². The number of nitrogen functional groups attached to an aromatic ring is 1. The zero-order valence-electron chi connectivity index (χ0n) is 6.34. The summed E-state index contributed by atoms with van der Waals surface area (Å²) in [5.74, 6) is 0. The molecule has 4 heteroatoms. The molecular weight excluding hydrogens is 162 g/mol. The number of halogens is 1. The molecule has 0 amide bonds. The van der Waals surface area contributed by atoms with E-state index in [2.05, 4.69) is 11.7 Å². The van der Waals surface area contributed by atoms with E-state index in [1.54, 1.807) is 10.9 Å². The molecule has 0 aromatic carbocycles. The fourth-order valence-corrected chi connectivity index (χ4v) is 0.896. The first-order chi connectivity index (χ1) is 5.11. The maximum absolute atomic E-state index is 5.60. The maximum Gasteiger partial charge on any atom is 0.0763 e. The normalized spacial score (nSPS) is 10.0. The van der Waals surface area contributed by atoms with Gasteiger partial charge in [-0.2, -0.15) is 5.10 Å². The van der Waals surface area contributed by atoms with Gasteiger partial charge >= 0.3 is 0 Å². The topological polar surface area (TPSA) is 43.8 Å². The average Bonchev–Trinajstić information content (AvgIpc) is 2.18. The molecular formula is C7H10ClN3. The van der Waals surface area contributed by atoms with Crippen LogP contribution in [0.1, 0.15) is 5.69 Å². The molecule has 0 bridgehead atoms. The Morgan fingerprint density at radius 2 is 2.55 bits per heavy atom. The number of nitrogens with two attached hydrogens (primary N) is 1. The van der Waals surface area contributed by atoms with Crippen LogP contribution in [0.2, 0.25) is 0 Å². The lowest BCUT2D eigenvalue weighted by Crippen LogP contribution is -2.02. The summed E-state index contributed by atoms with van der Waals surface area (Å²) in [6.07, 6.45) is 1.61. The summed E-state index contributed by atoms with van der Waals surface area (Å²) >= 11 is 5.60. The highest BCUT2D eigenvalue weighted by Gasteiger charge is 2.01. The molecule has 0 spiro atoms. The van der Waals surface area contributed by atoms with Crippen LogP contribution in [-0.2, 0) is 6.54 Å². The van der Waals surface area contributed by atoms with Gasteiger partial charge in [-0.25, -0.2) is 0 Å². The van der Waals surface area contributed by atoms with Gasteiger partial charge in [-0.15, -0.1) is 0 Å². The minimum atomic E-state index is 0.518. The van der Waals surface area contributed by atoms with Crippen molar-refractivity contribution in [1.29, 1.82) is 0 Å². The summed E-state index contributed by atoms with van der Waals surface area (Å²) < 4.78 is 1.71. The fraction of sp³-hybridized carbons (Fsp3) is 0.286. The second-order valence-corrected chi connectivity index (χ2v) is 2.89. The van der Waals surface area contributed by atoms with Crippen LogP contribution >= 0.6 is 11.6 Å². The molecule has 0 aliphatic rings. The van der Waals surface area contributed by atoms with Gasteiger partial charge in [0.25, 0.3) is 0 Å². The number of hydrogen-bond acceptors (Lipinski definition) is 2. The maximum atomic E-state index is 5.60. The van der Waals surface area contributed by atoms with Crippen LogP contribution in [0.4, 0.5) is 5.69 Å². The molecule has 1 heterocycles. The number of rotatable bonds is 2. The van der Waals surface area contributed by atoms with Crippen LogP contribution in [0.25, 0.3) is 0 Å². The lowest BCUT2D eigenvalue weighted by molar-refractivity contribution is 0.673. The van der Waals surface area contributed by atoms with E-state index in [4.69, 9.17) is 17.3 Å². The second-order valence-electron chi connectivity index (χ2n) is 2.36. The Balaban J connectivity index is 2.87. The summed E-state index contributed by atoms with van der Waals surface area (Å²) in [6, 6.07) is 0. The molecule has 1 aromatic rings. The number of nitrogens with zero attached hydrogens (tertiary/aromatic N) is 2. The van der Waals surface area contributed by atoms with Crippen molar-refractivity contribution in [3.05, 3.63) is 23.5 Å². The van der Waals surface area contributed by atoms with Gasteiger partial charge in [0.05, 0.1) is 24.1 Å². The lowest BCUT2D eigenvalue weighted by atomic mass is 10.4. The van der Waals surface area contributed by atoms with Gasteiger partial charge in [0.1, 0.15) is 0 Å². The summed E-state index contributed by atoms with van der Waals surface area (Å²) in [5.41, 5.74) is 7.17. The molecule has 0 unspecified atom stereocenters. The summed E-state index contributed by atoms with van der Waals surface area (Å²) in [7, 11) is 0. The van der Waals surface area contributed by atoms with Crippen molar-refractivity contribution in [3.63, 3.8) is 0 Å². The van der Waals surface area contributed by atoms with Crippen molar-refractivity contribution in [3.8, 4) is 0 Å². The van der Waals surface area contributed by atoms with E-state index in [-0.39, 0.29) is 0 Å². The first kappa shape index (κ1) is 8.14. The molecule has 60 valence electrons. The van der Waals surface area contributed by atoms with Crippen LogP contribution in [0.5, 0.6) is 0 Å². The SMILES string of the molecule is C=C(Cl)Cn1ncc(N)c1C. The second kappa shape index (κ2) is 2.96. The van der Waals surface area contributed by atoms with Crippen molar-refractivity contribution in [2.75, 3.05) is 5.73 Å². The Hall–Kier alpha value is -0.960. The van der Waals surface area contributed by atoms with Gasteiger partial charge in [-0.1, -0.05) is 18.2 Å². The molecule has 0 fully saturated rings. The number of hydrogen-bond donors (Lipinski definition) is 1. The van der Waals surface area contributed by atoms with Gasteiger partial charge in [0.2, 0.25) is 0 Å². The van der Waals surface area contributed by atoms with Crippen molar-refractivity contribution in [1.82, 2.24) is 9.78 Å². The Morgan fingerprint density at radius 1 is 1.91 bits per heavy atom. The molecule has 1 aromatic heterocycles. The standard InChI is InChI=1S/C7H10ClN3/c1-5(8)4-11-6(2)7(9)3-10-11/h3H,1,4,9H2,2H3. The molecule has 0 aliphatic heterocycles. The Bertz CT molecular complexity index is 277. The molecule has 11 heavy (non-hydrogen) atoms. The van der Waals surface area contributed by atoms with E-state index in [1.165, 1.54) is 0 Å². The van der Waals surface area contributed by atoms with Crippen molar-refractivity contribution < 1.29 is 0 Å². The molecule has 2 N–H and O–H groups in total. The molecule has 0 atom stereocenters. The first-order valence-corrected chi connectivity index (χ1v) is 3.60. The van der Waals surface area contributed by atoms with E-state index >= 15 is 0 Å². The Morgan fingerprint density at radius 3 is 2.91 bits per heavy atom. The minimum absolute atomic E-state index is 0.518. The highest BCUT2D eigenvalue weighted by molar-refractivity contribution is 6.29.